The van der Waals surface area contributed by atoms with Gasteiger partial charge in [0.25, 0.3) is 6.71 Å². The number of aromatic nitrogens is 2. The molecule has 0 radical (unpaired) electrons. The van der Waals surface area contributed by atoms with Crippen LogP contribution in [-0.4, -0.2) is 15.8 Å². The Morgan fingerprint density at radius 3 is 1.81 bits per heavy atom. The predicted molar refractivity (Wildman–Crippen MR) is 217 cm³/mol. The van der Waals surface area contributed by atoms with Gasteiger partial charge in [-0.25, -0.2) is 0 Å². The molecule has 0 aliphatic carbocycles. The molecule has 52 heavy (non-hydrogen) atoms. The molecule has 0 atom stereocenters. The maximum absolute atomic E-state index is 6.60. The number of rotatable bonds is 3. The molecule has 0 N–H and O–H groups in total. The molecule has 2 aromatic heterocycles. The molecule has 0 unspecified atom stereocenters. The van der Waals surface area contributed by atoms with Gasteiger partial charge in [-0.2, -0.15) is 0 Å². The van der Waals surface area contributed by atoms with Crippen LogP contribution in [0.3, 0.4) is 0 Å². The molecule has 2 aliphatic rings. The third kappa shape index (κ3) is 3.65. The van der Waals surface area contributed by atoms with Crippen LogP contribution in [0, 0.1) is 0 Å². The van der Waals surface area contributed by atoms with Crippen molar-refractivity contribution < 1.29 is 4.74 Å². The number of fused-ring (bicyclic) bond motifs is 10. The Kier molecular flexibility index (Phi) is 5.58. The molecule has 0 bridgehead atoms. The minimum Gasteiger partial charge on any atom is -0.458 e. The van der Waals surface area contributed by atoms with E-state index in [-0.39, 0.29) is 6.71 Å². The summed E-state index contributed by atoms with van der Waals surface area (Å²) < 4.78 is 11.6. The number of nitrogens with zero attached hydrogens (tertiary/aromatic N) is 2. The van der Waals surface area contributed by atoms with Crippen molar-refractivity contribution in [3.63, 3.8) is 0 Å². The van der Waals surface area contributed by atoms with Crippen LogP contribution in [0.15, 0.2) is 176 Å². The first-order valence-electron chi connectivity index (χ1n) is 18.0. The molecule has 4 heterocycles. The Labute approximate surface area is 300 Å². The highest BCUT2D eigenvalue weighted by atomic mass is 16.5. The zero-order valence-corrected chi connectivity index (χ0v) is 28.1. The zero-order chi connectivity index (χ0) is 33.9. The van der Waals surface area contributed by atoms with Gasteiger partial charge in [0.05, 0.1) is 22.2 Å². The summed E-state index contributed by atoms with van der Waals surface area (Å²) in [7, 11) is 0. The third-order valence-corrected chi connectivity index (χ3v) is 11.4. The van der Waals surface area contributed by atoms with Crippen molar-refractivity contribution in [2.75, 3.05) is 0 Å². The molecule has 0 spiro atoms. The Balaban J connectivity index is 1.25. The number of benzene rings is 8. The minimum absolute atomic E-state index is 0.104. The van der Waals surface area contributed by atoms with Crippen molar-refractivity contribution in [3.8, 4) is 45.1 Å². The standard InChI is InChI=1S/C48H29BN2O/c1-3-14-30(15-4-1)32-19-11-20-33(31-16-5-2-6-17-31)47(32)50-40-24-9-7-18-34(40)36-28-37-35-21-12-23-39-48(35)51(43(37)29-42(36)50)41-25-13-27-45-46(41)49(39)38-22-8-10-26-44(38)52-45/h1-29H. The second kappa shape index (κ2) is 10.4. The smallest absolute Gasteiger partial charge is 0.256 e. The van der Waals surface area contributed by atoms with E-state index in [9.17, 15) is 0 Å². The summed E-state index contributed by atoms with van der Waals surface area (Å²) >= 11 is 0. The first-order chi connectivity index (χ1) is 25.8. The van der Waals surface area contributed by atoms with E-state index < -0.39 is 0 Å². The van der Waals surface area contributed by atoms with Crippen LogP contribution in [0.25, 0.3) is 77.2 Å². The second-order valence-corrected chi connectivity index (χ2v) is 14.0. The monoisotopic (exact) mass is 660 g/mol. The van der Waals surface area contributed by atoms with Crippen LogP contribution in [0.5, 0.6) is 11.5 Å². The Morgan fingerprint density at radius 2 is 1.00 bits per heavy atom. The second-order valence-electron chi connectivity index (χ2n) is 14.0. The molecule has 240 valence electrons. The minimum atomic E-state index is 0.104. The predicted octanol–water partition coefficient (Wildman–Crippen LogP) is 10.2. The summed E-state index contributed by atoms with van der Waals surface area (Å²) in [5.74, 6) is 1.88. The van der Waals surface area contributed by atoms with E-state index in [1.165, 1.54) is 93.6 Å². The topological polar surface area (TPSA) is 19.1 Å². The Hall–Kier alpha value is -6.78. The van der Waals surface area contributed by atoms with E-state index in [4.69, 9.17) is 4.74 Å². The number of hydrogen-bond donors (Lipinski definition) is 0. The van der Waals surface area contributed by atoms with Crippen molar-refractivity contribution in [2.24, 2.45) is 0 Å². The van der Waals surface area contributed by atoms with Gasteiger partial charge in [-0.05, 0) is 63.9 Å². The van der Waals surface area contributed by atoms with E-state index in [2.05, 4.69) is 185 Å². The lowest BCUT2D eigenvalue weighted by molar-refractivity contribution is 0.487. The molecule has 10 aromatic rings. The summed E-state index contributed by atoms with van der Waals surface area (Å²) in [6, 6.07) is 64.1. The summed E-state index contributed by atoms with van der Waals surface area (Å²) in [6.45, 7) is 0.104. The Bertz CT molecular complexity index is 3040. The van der Waals surface area contributed by atoms with E-state index in [0.717, 1.165) is 11.5 Å². The highest BCUT2D eigenvalue weighted by molar-refractivity contribution is 6.99. The van der Waals surface area contributed by atoms with Crippen molar-refractivity contribution >= 4 is 66.7 Å². The van der Waals surface area contributed by atoms with Gasteiger partial charge >= 0.3 is 0 Å². The molecule has 0 amide bonds. The highest BCUT2D eigenvalue weighted by Crippen LogP contribution is 2.44. The molecule has 8 aromatic carbocycles. The van der Waals surface area contributed by atoms with E-state index in [1.54, 1.807) is 0 Å². The molecule has 2 aliphatic heterocycles. The van der Waals surface area contributed by atoms with Gasteiger partial charge in [-0.3, -0.25) is 0 Å². The number of hydrogen-bond acceptors (Lipinski definition) is 1. The maximum atomic E-state index is 6.60. The van der Waals surface area contributed by atoms with Gasteiger partial charge in [-0.15, -0.1) is 0 Å². The average molecular weight is 661 g/mol. The summed E-state index contributed by atoms with van der Waals surface area (Å²) in [6.07, 6.45) is 0. The van der Waals surface area contributed by atoms with Crippen molar-refractivity contribution in [1.29, 1.82) is 0 Å². The maximum Gasteiger partial charge on any atom is 0.256 e. The molecule has 4 heteroatoms. The molecular weight excluding hydrogens is 631 g/mol. The van der Waals surface area contributed by atoms with Crippen molar-refractivity contribution in [3.05, 3.63) is 176 Å². The quantitative estimate of drug-likeness (QED) is 0.173. The van der Waals surface area contributed by atoms with Crippen molar-refractivity contribution in [2.45, 2.75) is 0 Å². The molecule has 0 saturated heterocycles. The lowest BCUT2D eigenvalue weighted by Crippen LogP contribution is -2.58. The van der Waals surface area contributed by atoms with Gasteiger partial charge in [0.1, 0.15) is 11.5 Å². The van der Waals surface area contributed by atoms with Crippen LogP contribution in [-0.2, 0) is 0 Å². The molecular formula is C48H29BN2O. The van der Waals surface area contributed by atoms with Crippen LogP contribution in [0.1, 0.15) is 0 Å². The molecule has 12 rings (SSSR count). The van der Waals surface area contributed by atoms with E-state index >= 15 is 0 Å². The van der Waals surface area contributed by atoms with Gasteiger partial charge in [0.15, 0.2) is 0 Å². The number of ether oxygens (including phenoxy) is 1. The highest BCUT2D eigenvalue weighted by Gasteiger charge is 2.40. The molecule has 0 saturated carbocycles. The molecule has 0 fully saturated rings. The van der Waals surface area contributed by atoms with Crippen LogP contribution >= 0.6 is 0 Å². The lowest BCUT2D eigenvalue weighted by Gasteiger charge is -2.33. The Morgan fingerprint density at radius 1 is 0.404 bits per heavy atom. The fourth-order valence-corrected chi connectivity index (χ4v) is 9.28. The SMILES string of the molecule is c1ccc(-c2cccc(-c3ccccc3)c2-n2c3ccccc3c3cc4c5cccc6c5n(c4cc32)-c2cccc3c2B6c2ccccc2O3)cc1. The van der Waals surface area contributed by atoms with E-state index in [0.29, 0.717) is 0 Å². The summed E-state index contributed by atoms with van der Waals surface area (Å²) in [4.78, 5) is 0. The van der Waals surface area contributed by atoms with Gasteiger partial charge in [-0.1, -0.05) is 140 Å². The fraction of sp³-hybridized carbons (Fsp3) is 0. The van der Waals surface area contributed by atoms with Gasteiger partial charge in [0.2, 0.25) is 0 Å². The fourth-order valence-electron chi connectivity index (χ4n) is 9.28. The van der Waals surface area contributed by atoms with Crippen molar-refractivity contribution in [1.82, 2.24) is 9.13 Å². The first kappa shape index (κ1) is 28.0. The summed E-state index contributed by atoms with van der Waals surface area (Å²) in [5, 5.41) is 5.03. The first-order valence-corrected chi connectivity index (χ1v) is 18.0. The van der Waals surface area contributed by atoms with Gasteiger partial charge < -0.3 is 13.9 Å². The molecule has 3 nitrogen and oxygen atoms in total. The van der Waals surface area contributed by atoms with Crippen LogP contribution in [0.4, 0.5) is 0 Å². The van der Waals surface area contributed by atoms with Crippen LogP contribution in [0.2, 0.25) is 0 Å². The lowest BCUT2D eigenvalue weighted by atomic mass is 9.34. The number of para-hydroxylation sites is 4. The summed E-state index contributed by atoms with van der Waals surface area (Å²) in [5.41, 5.74) is 15.8. The van der Waals surface area contributed by atoms with Gasteiger partial charge in [0, 0.05) is 43.9 Å². The van der Waals surface area contributed by atoms with Crippen LogP contribution < -0.4 is 21.1 Å². The normalized spacial score (nSPS) is 12.7. The largest absolute Gasteiger partial charge is 0.458 e. The third-order valence-electron chi connectivity index (χ3n) is 11.4. The average Bonchev–Trinajstić information content (AvgIpc) is 3.71. The zero-order valence-electron chi connectivity index (χ0n) is 28.1. The van der Waals surface area contributed by atoms with E-state index in [1.807, 2.05) is 0 Å².